The van der Waals surface area contributed by atoms with Gasteiger partial charge in [0.1, 0.15) is 18.4 Å². The predicted octanol–water partition coefficient (Wildman–Crippen LogP) is 4.98. The van der Waals surface area contributed by atoms with Crippen molar-refractivity contribution in [1.29, 1.82) is 0 Å². The van der Waals surface area contributed by atoms with Crippen LogP contribution in [0.4, 0.5) is 4.39 Å². The van der Waals surface area contributed by atoms with Crippen molar-refractivity contribution >= 4 is 53.0 Å². The molecule has 1 aliphatic rings. The van der Waals surface area contributed by atoms with Gasteiger partial charge >= 0.3 is 7.60 Å². The van der Waals surface area contributed by atoms with Crippen molar-refractivity contribution in [3.8, 4) is 0 Å². The highest BCUT2D eigenvalue weighted by molar-refractivity contribution is 7.62. The number of benzene rings is 2. The maximum Gasteiger partial charge on any atom is 0.361 e. The molecule has 2 heterocycles. The van der Waals surface area contributed by atoms with E-state index in [9.17, 15) is 28.4 Å². The van der Waals surface area contributed by atoms with Gasteiger partial charge in [0.25, 0.3) is 0 Å². The number of ketones is 1. The highest BCUT2D eigenvalue weighted by atomic mass is 35.5. The Morgan fingerprint density at radius 3 is 2.61 bits per heavy atom. The van der Waals surface area contributed by atoms with Gasteiger partial charge in [-0.1, -0.05) is 43.1 Å². The summed E-state index contributed by atoms with van der Waals surface area (Å²) in [6.07, 6.45) is 4.43. The number of aromatic nitrogens is 1. The summed E-state index contributed by atoms with van der Waals surface area (Å²) in [5.74, 6) is -1.55. The standard InChI is InChI=1S/C31H38ClFN3O7P/c1-3-4-15-42-44(41,43-16-7-14-37)23-11-12-24-25(21(2)38)19-35(28(24)17-23)20-29(39)36-13-6-10-27(36)31(40)34-18-22-8-5-9-26(32)30(22)33/h5,8-9,11-12,17,19,27,37H,3-4,6-7,10,13-16,18,20H2,1-2H3,(H,34,40)/t27-,44?/m0/s1. The fourth-order valence-corrected chi connectivity index (χ4v) is 7.03. The largest absolute Gasteiger partial charge is 0.396 e. The summed E-state index contributed by atoms with van der Waals surface area (Å²) in [5.41, 5.74) is 1.12. The molecule has 10 nitrogen and oxygen atoms in total. The molecule has 4 rings (SSSR count). The van der Waals surface area contributed by atoms with E-state index in [4.69, 9.17) is 20.6 Å². The molecule has 0 saturated carbocycles. The number of amides is 2. The summed E-state index contributed by atoms with van der Waals surface area (Å²) in [5, 5.41) is 12.7. The first kappa shape index (κ1) is 33.8. The molecule has 44 heavy (non-hydrogen) atoms. The number of carbonyl (C=O) groups is 3. The number of halogens is 2. The van der Waals surface area contributed by atoms with Crippen molar-refractivity contribution in [2.24, 2.45) is 0 Å². The van der Waals surface area contributed by atoms with E-state index in [1.54, 1.807) is 35.0 Å². The number of hydrogen-bond donors (Lipinski definition) is 2. The van der Waals surface area contributed by atoms with Crippen LogP contribution < -0.4 is 10.6 Å². The molecule has 1 aromatic heterocycles. The molecule has 1 aliphatic heterocycles. The Hall–Kier alpha value is -3.08. The lowest BCUT2D eigenvalue weighted by Crippen LogP contribution is -2.46. The van der Waals surface area contributed by atoms with Crippen LogP contribution in [0.25, 0.3) is 10.9 Å². The van der Waals surface area contributed by atoms with Crippen molar-refractivity contribution in [3.63, 3.8) is 0 Å². The number of rotatable bonds is 15. The van der Waals surface area contributed by atoms with E-state index in [-0.39, 0.29) is 66.9 Å². The Balaban J connectivity index is 1.57. The third-order valence-electron chi connectivity index (χ3n) is 7.55. The minimum atomic E-state index is -3.78. The SMILES string of the molecule is CCCCOP(=O)(OCCCO)c1ccc2c(C(C)=O)cn(CC(=O)N3CCC[C@H]3C(=O)NCc3cccc(Cl)c3F)c2c1. The number of hydrogen-bond acceptors (Lipinski definition) is 7. The number of likely N-dealkylation sites (tertiary alicyclic amines) is 1. The van der Waals surface area contributed by atoms with Crippen molar-refractivity contribution in [3.05, 3.63) is 64.6 Å². The van der Waals surface area contributed by atoms with E-state index in [2.05, 4.69) is 5.32 Å². The van der Waals surface area contributed by atoms with Crippen LogP contribution in [0.3, 0.4) is 0 Å². The van der Waals surface area contributed by atoms with Crippen molar-refractivity contribution in [1.82, 2.24) is 14.8 Å². The maximum atomic E-state index is 14.3. The number of Topliss-reactive ketones (excluding diaryl/α,β-unsaturated/α-hetero) is 1. The number of fused-ring (bicyclic) bond motifs is 1. The monoisotopic (exact) mass is 649 g/mol. The molecule has 1 fully saturated rings. The van der Waals surface area contributed by atoms with E-state index < -0.39 is 25.4 Å². The normalized spacial score (nSPS) is 16.3. The second-order valence-electron chi connectivity index (χ2n) is 10.7. The van der Waals surface area contributed by atoms with Crippen LogP contribution in [0.5, 0.6) is 0 Å². The molecule has 0 radical (unpaired) electrons. The minimum absolute atomic E-state index is 0.0263. The van der Waals surface area contributed by atoms with Gasteiger partial charge in [-0.05, 0) is 50.8 Å². The quantitative estimate of drug-likeness (QED) is 0.135. The number of nitrogens with one attached hydrogen (secondary N) is 1. The fraction of sp³-hybridized carbons (Fsp3) is 0.452. The van der Waals surface area contributed by atoms with Crippen LogP contribution in [0.15, 0.2) is 42.6 Å². The molecule has 1 unspecified atom stereocenters. The molecule has 2 amide bonds. The molecular formula is C31H38ClFN3O7P. The van der Waals surface area contributed by atoms with Crippen molar-refractivity contribution in [2.45, 2.75) is 65.1 Å². The molecule has 0 bridgehead atoms. The van der Waals surface area contributed by atoms with Crippen LogP contribution in [-0.2, 0) is 36.3 Å². The third kappa shape index (κ3) is 7.76. The first-order chi connectivity index (χ1) is 21.1. The first-order valence-corrected chi connectivity index (χ1v) is 16.7. The zero-order chi connectivity index (χ0) is 31.9. The Kier molecular flexibility index (Phi) is 11.7. The summed E-state index contributed by atoms with van der Waals surface area (Å²) >= 11 is 5.85. The van der Waals surface area contributed by atoms with Gasteiger partial charge in [-0.25, -0.2) is 4.39 Å². The van der Waals surface area contributed by atoms with E-state index in [0.29, 0.717) is 42.3 Å². The Morgan fingerprint density at radius 1 is 1.16 bits per heavy atom. The van der Waals surface area contributed by atoms with Gasteiger partial charge in [0.15, 0.2) is 5.78 Å². The molecule has 2 atom stereocenters. The van der Waals surface area contributed by atoms with Crippen LogP contribution in [-0.4, -0.2) is 64.6 Å². The first-order valence-electron chi connectivity index (χ1n) is 14.7. The summed E-state index contributed by atoms with van der Waals surface area (Å²) in [6.45, 7) is 3.64. The van der Waals surface area contributed by atoms with Gasteiger partial charge in [-0.15, -0.1) is 0 Å². The lowest BCUT2D eigenvalue weighted by atomic mass is 10.1. The van der Waals surface area contributed by atoms with Crippen molar-refractivity contribution in [2.75, 3.05) is 26.4 Å². The predicted molar refractivity (Wildman–Crippen MR) is 166 cm³/mol. The number of carbonyl (C=O) groups excluding carboxylic acids is 3. The van der Waals surface area contributed by atoms with Crippen LogP contribution >= 0.6 is 19.2 Å². The number of aliphatic hydroxyl groups is 1. The molecule has 2 N–H and O–H groups in total. The molecule has 0 aliphatic carbocycles. The summed E-state index contributed by atoms with van der Waals surface area (Å²) in [6, 6.07) is 8.68. The summed E-state index contributed by atoms with van der Waals surface area (Å²) in [4.78, 5) is 40.6. The van der Waals surface area contributed by atoms with Gasteiger partial charge in [-0.2, -0.15) is 0 Å². The Labute approximate surface area is 261 Å². The maximum absolute atomic E-state index is 14.3. The van der Waals surface area contributed by atoms with E-state index in [1.165, 1.54) is 24.0 Å². The average molecular weight is 650 g/mol. The van der Waals surface area contributed by atoms with Crippen LogP contribution in [0.2, 0.25) is 5.02 Å². The topological polar surface area (TPSA) is 127 Å². The smallest absolute Gasteiger partial charge is 0.361 e. The molecular weight excluding hydrogens is 612 g/mol. The molecule has 1 saturated heterocycles. The number of aliphatic hydroxyl groups excluding tert-OH is 1. The van der Waals surface area contributed by atoms with E-state index >= 15 is 0 Å². The van der Waals surface area contributed by atoms with Crippen molar-refractivity contribution < 1.29 is 37.5 Å². The molecule has 2 aromatic carbocycles. The zero-order valence-corrected chi connectivity index (χ0v) is 26.5. The zero-order valence-electron chi connectivity index (χ0n) is 24.9. The second-order valence-corrected chi connectivity index (χ2v) is 13.1. The molecule has 238 valence electrons. The third-order valence-corrected chi connectivity index (χ3v) is 9.80. The fourth-order valence-electron chi connectivity index (χ4n) is 5.19. The Morgan fingerprint density at radius 2 is 1.91 bits per heavy atom. The van der Waals surface area contributed by atoms with E-state index in [1.807, 2.05) is 6.92 Å². The lowest BCUT2D eigenvalue weighted by molar-refractivity contribution is -0.138. The highest BCUT2D eigenvalue weighted by Gasteiger charge is 2.35. The Bertz CT molecular complexity index is 1550. The van der Waals surface area contributed by atoms with Gasteiger partial charge in [-0.3, -0.25) is 18.9 Å². The average Bonchev–Trinajstić information content (AvgIpc) is 3.64. The van der Waals surface area contributed by atoms with E-state index in [0.717, 1.165) is 6.42 Å². The molecule has 13 heteroatoms. The highest BCUT2D eigenvalue weighted by Crippen LogP contribution is 2.48. The van der Waals surface area contributed by atoms with Crippen LogP contribution in [0, 0.1) is 5.82 Å². The summed E-state index contributed by atoms with van der Waals surface area (Å²) in [7, 11) is -3.78. The lowest BCUT2D eigenvalue weighted by Gasteiger charge is -2.24. The van der Waals surface area contributed by atoms with Crippen LogP contribution in [0.1, 0.15) is 61.9 Å². The van der Waals surface area contributed by atoms with Gasteiger partial charge < -0.3 is 28.9 Å². The van der Waals surface area contributed by atoms with Gasteiger partial charge in [0, 0.05) is 42.4 Å². The van der Waals surface area contributed by atoms with Gasteiger partial charge in [0.2, 0.25) is 11.8 Å². The van der Waals surface area contributed by atoms with Gasteiger partial charge in [0.05, 0.1) is 29.1 Å². The summed E-state index contributed by atoms with van der Waals surface area (Å²) < 4.78 is 41.2. The number of unbranched alkanes of at least 4 members (excludes halogenated alkanes) is 1. The molecule has 3 aromatic rings. The number of nitrogens with zero attached hydrogens (tertiary/aromatic N) is 2. The second kappa shape index (κ2) is 15.3. The minimum Gasteiger partial charge on any atom is -0.396 e. The molecule has 0 spiro atoms.